The molecule has 4 aromatic rings. The van der Waals surface area contributed by atoms with Crippen LogP contribution in [0.4, 0.5) is 5.69 Å². The van der Waals surface area contributed by atoms with Crippen LogP contribution in [0.15, 0.2) is 83.9 Å². The number of hydrogen-bond acceptors (Lipinski definition) is 4. The Bertz CT molecular complexity index is 1560. The number of nitrogens with zero attached hydrogens (tertiary/aromatic N) is 1. The molecule has 1 heterocycles. The fourth-order valence-electron chi connectivity index (χ4n) is 4.97. The molecule has 36 heavy (non-hydrogen) atoms. The number of hydrogen-bond donors (Lipinski definition) is 3. The molecule has 1 aromatic heterocycles. The van der Waals surface area contributed by atoms with Crippen LogP contribution in [-0.4, -0.2) is 35.3 Å². The number of para-hydroxylation sites is 1. The molecule has 184 valence electrons. The van der Waals surface area contributed by atoms with Gasteiger partial charge in [0.1, 0.15) is 0 Å². The molecular weight excluding hydrogens is 474 g/mol. The number of anilines is 1. The Labute approximate surface area is 209 Å². The molecule has 0 bridgehead atoms. The van der Waals surface area contributed by atoms with Gasteiger partial charge in [-0.2, -0.15) is 4.31 Å². The van der Waals surface area contributed by atoms with Gasteiger partial charge in [-0.15, -0.1) is 0 Å². The predicted molar refractivity (Wildman–Crippen MR) is 141 cm³/mol. The quantitative estimate of drug-likeness (QED) is 0.238. The molecular formula is C28H27N3O4S. The third-order valence-corrected chi connectivity index (χ3v) is 8.66. The second-order valence-corrected chi connectivity index (χ2v) is 10.9. The fourth-order valence-corrected chi connectivity index (χ4v) is 6.61. The van der Waals surface area contributed by atoms with Gasteiger partial charge in [-0.25, -0.2) is 13.2 Å². The van der Waals surface area contributed by atoms with E-state index in [4.69, 9.17) is 10.8 Å². The molecule has 0 spiro atoms. The van der Waals surface area contributed by atoms with Crippen molar-refractivity contribution in [2.75, 3.05) is 12.3 Å². The molecule has 1 aliphatic rings. The number of rotatable bonds is 8. The van der Waals surface area contributed by atoms with Crippen molar-refractivity contribution in [3.63, 3.8) is 0 Å². The summed E-state index contributed by atoms with van der Waals surface area (Å²) in [6.07, 6.45) is 6.54. The first kappa shape index (κ1) is 23.8. The van der Waals surface area contributed by atoms with Crippen molar-refractivity contribution in [3.8, 4) is 0 Å². The highest BCUT2D eigenvalue weighted by Gasteiger charge is 2.36. The minimum absolute atomic E-state index is 0.213. The van der Waals surface area contributed by atoms with Crippen molar-refractivity contribution in [1.29, 1.82) is 0 Å². The van der Waals surface area contributed by atoms with E-state index < -0.39 is 16.0 Å². The number of aromatic nitrogens is 1. The molecule has 0 aliphatic heterocycles. The van der Waals surface area contributed by atoms with Gasteiger partial charge < -0.3 is 15.8 Å². The smallest absolute Gasteiger partial charge is 0.328 e. The number of fused-ring (bicyclic) bond motifs is 2. The van der Waals surface area contributed by atoms with E-state index in [1.54, 1.807) is 34.6 Å². The summed E-state index contributed by atoms with van der Waals surface area (Å²) >= 11 is 0. The van der Waals surface area contributed by atoms with Gasteiger partial charge in [-0.3, -0.25) is 0 Å². The van der Waals surface area contributed by atoms with Gasteiger partial charge in [0, 0.05) is 35.4 Å². The van der Waals surface area contributed by atoms with Crippen LogP contribution >= 0.6 is 0 Å². The number of aromatic amines is 1. The molecule has 1 atom stereocenters. The minimum atomic E-state index is -3.81. The number of nitrogen functional groups attached to an aromatic ring is 1. The van der Waals surface area contributed by atoms with E-state index >= 15 is 0 Å². The van der Waals surface area contributed by atoms with Crippen molar-refractivity contribution in [3.05, 3.63) is 101 Å². The molecule has 1 aliphatic carbocycles. The third-order valence-electron chi connectivity index (χ3n) is 6.74. The van der Waals surface area contributed by atoms with Gasteiger partial charge in [0.15, 0.2) is 0 Å². The Morgan fingerprint density at radius 1 is 1.11 bits per heavy atom. The lowest BCUT2D eigenvalue weighted by Gasteiger charge is -2.29. The van der Waals surface area contributed by atoms with Crippen molar-refractivity contribution >= 4 is 38.7 Å². The monoisotopic (exact) mass is 501 g/mol. The average Bonchev–Trinajstić information content (AvgIpc) is 3.47. The molecule has 8 heteroatoms. The van der Waals surface area contributed by atoms with E-state index in [9.17, 15) is 13.2 Å². The standard InChI is InChI=1S/C28H27N3O4S/c29-22-8-10-23(11-9-22)36(34,35)31(16-15-21-18-30-26-4-2-1-3-24(21)26)27-13-7-20-17-19(5-12-25(20)27)6-14-28(32)33/h1-6,8-12,14,17-18,27,30H,7,13,15-16,29H2,(H,32,33). The lowest BCUT2D eigenvalue weighted by molar-refractivity contribution is -0.131. The van der Waals surface area contributed by atoms with E-state index in [1.807, 2.05) is 48.7 Å². The van der Waals surface area contributed by atoms with Crippen molar-refractivity contribution in [1.82, 2.24) is 9.29 Å². The first-order chi connectivity index (χ1) is 17.3. The van der Waals surface area contributed by atoms with Crippen LogP contribution in [0.5, 0.6) is 0 Å². The zero-order valence-electron chi connectivity index (χ0n) is 19.6. The molecule has 0 amide bonds. The Balaban J connectivity index is 1.50. The number of nitrogens with one attached hydrogen (secondary N) is 1. The number of carbonyl (C=O) groups is 1. The summed E-state index contributed by atoms with van der Waals surface area (Å²) in [7, 11) is -3.81. The van der Waals surface area contributed by atoms with Gasteiger partial charge in [-0.1, -0.05) is 36.4 Å². The minimum Gasteiger partial charge on any atom is -0.478 e. The number of carboxylic acid groups (broad SMARTS) is 1. The zero-order chi connectivity index (χ0) is 25.3. The van der Waals surface area contributed by atoms with Crippen molar-refractivity contribution in [2.24, 2.45) is 0 Å². The number of nitrogens with two attached hydrogens (primary N) is 1. The molecule has 4 N–H and O–H groups in total. The summed E-state index contributed by atoms with van der Waals surface area (Å²) in [6.45, 7) is 0.319. The first-order valence-corrected chi connectivity index (χ1v) is 13.2. The molecule has 0 radical (unpaired) electrons. The Hall–Kier alpha value is -3.88. The highest BCUT2D eigenvalue weighted by Crippen LogP contribution is 2.39. The van der Waals surface area contributed by atoms with Crippen LogP contribution in [0.3, 0.4) is 0 Å². The van der Waals surface area contributed by atoms with E-state index in [2.05, 4.69) is 4.98 Å². The third kappa shape index (κ3) is 4.65. The molecule has 0 fully saturated rings. The average molecular weight is 502 g/mol. The molecule has 0 saturated carbocycles. The first-order valence-electron chi connectivity index (χ1n) is 11.8. The number of aryl methyl sites for hydroxylation is 1. The number of aliphatic carboxylic acids is 1. The Morgan fingerprint density at radius 3 is 2.67 bits per heavy atom. The van der Waals surface area contributed by atoms with Gasteiger partial charge in [0.25, 0.3) is 0 Å². The maximum Gasteiger partial charge on any atom is 0.328 e. The highest BCUT2D eigenvalue weighted by atomic mass is 32.2. The summed E-state index contributed by atoms with van der Waals surface area (Å²) in [4.78, 5) is 14.4. The normalized spacial score (nSPS) is 15.6. The molecule has 0 saturated heterocycles. The van der Waals surface area contributed by atoms with Gasteiger partial charge in [0.2, 0.25) is 10.0 Å². The van der Waals surface area contributed by atoms with Crippen molar-refractivity contribution < 1.29 is 18.3 Å². The SMILES string of the molecule is Nc1ccc(S(=O)(=O)N(CCc2c[nH]c3ccccc23)C2CCc3cc(C=CC(=O)O)ccc32)cc1. The maximum absolute atomic E-state index is 13.9. The molecule has 7 nitrogen and oxygen atoms in total. The topological polar surface area (TPSA) is 116 Å². The number of H-pyrrole nitrogens is 1. The molecule has 3 aromatic carbocycles. The van der Waals surface area contributed by atoms with Gasteiger partial charge in [-0.05, 0) is 77.9 Å². The lowest BCUT2D eigenvalue weighted by Crippen LogP contribution is -2.35. The van der Waals surface area contributed by atoms with Crippen LogP contribution < -0.4 is 5.73 Å². The highest BCUT2D eigenvalue weighted by molar-refractivity contribution is 7.89. The van der Waals surface area contributed by atoms with Crippen LogP contribution in [0, 0.1) is 0 Å². The maximum atomic E-state index is 13.9. The van der Waals surface area contributed by atoms with E-state index in [0.29, 0.717) is 25.1 Å². The summed E-state index contributed by atoms with van der Waals surface area (Å²) in [5.74, 6) is -1.01. The Kier molecular flexibility index (Phi) is 6.38. The van der Waals surface area contributed by atoms with E-state index in [1.165, 1.54) is 0 Å². The van der Waals surface area contributed by atoms with Crippen LogP contribution in [-0.2, 0) is 27.7 Å². The molecule has 5 rings (SSSR count). The number of carboxylic acids is 1. The second kappa shape index (κ2) is 9.64. The van der Waals surface area contributed by atoms with Crippen LogP contribution in [0.2, 0.25) is 0 Å². The van der Waals surface area contributed by atoms with E-state index in [-0.39, 0.29) is 10.9 Å². The zero-order valence-corrected chi connectivity index (χ0v) is 20.4. The predicted octanol–water partition coefficient (Wildman–Crippen LogP) is 4.77. The number of sulfonamides is 1. The number of benzene rings is 3. The lowest BCUT2D eigenvalue weighted by atomic mass is 10.0. The van der Waals surface area contributed by atoms with Crippen LogP contribution in [0.25, 0.3) is 17.0 Å². The summed E-state index contributed by atoms with van der Waals surface area (Å²) < 4.78 is 29.4. The summed E-state index contributed by atoms with van der Waals surface area (Å²) in [5.41, 5.74) is 11.2. The van der Waals surface area contributed by atoms with Gasteiger partial charge >= 0.3 is 5.97 Å². The van der Waals surface area contributed by atoms with E-state index in [0.717, 1.165) is 45.7 Å². The van der Waals surface area contributed by atoms with Crippen molar-refractivity contribution in [2.45, 2.75) is 30.2 Å². The summed E-state index contributed by atoms with van der Waals surface area (Å²) in [5, 5.41) is 10.0. The fraction of sp³-hybridized carbons (Fsp3) is 0.179. The largest absolute Gasteiger partial charge is 0.478 e. The Morgan fingerprint density at radius 2 is 1.89 bits per heavy atom. The second-order valence-electron chi connectivity index (χ2n) is 8.98. The summed E-state index contributed by atoms with van der Waals surface area (Å²) in [6, 6.07) is 19.7. The van der Waals surface area contributed by atoms with Gasteiger partial charge in [0.05, 0.1) is 10.9 Å². The molecule has 1 unspecified atom stereocenters. The van der Waals surface area contributed by atoms with Crippen LogP contribution in [0.1, 0.15) is 34.7 Å².